The molecule has 0 bridgehead atoms. The fourth-order valence-corrected chi connectivity index (χ4v) is 12.0. The van der Waals surface area contributed by atoms with Gasteiger partial charge in [0.2, 0.25) is 0 Å². The van der Waals surface area contributed by atoms with Gasteiger partial charge in [0, 0.05) is 0 Å². The number of sulfonamides is 1. The molecule has 1 N–H and O–H groups in total. The summed E-state index contributed by atoms with van der Waals surface area (Å²) in [6.07, 6.45) is 6.66. The van der Waals surface area contributed by atoms with Crippen LogP contribution in [0.2, 0.25) is 0 Å². The van der Waals surface area contributed by atoms with Crippen LogP contribution in [0.3, 0.4) is 0 Å². The zero-order chi connectivity index (χ0) is 11.4. The Morgan fingerprint density at radius 3 is 2.40 bits per heavy atom. The van der Waals surface area contributed by atoms with Crippen molar-refractivity contribution in [2.75, 3.05) is 30.8 Å². The Hall–Kier alpha value is 0.270. The summed E-state index contributed by atoms with van der Waals surface area (Å²) < 4.78 is 37.1. The Bertz CT molecular complexity index is 288. The Labute approximate surface area is 92.2 Å². The molecule has 0 aromatic carbocycles. The molecule has 1 aliphatic rings. The second kappa shape index (κ2) is 5.55. The van der Waals surface area contributed by atoms with Crippen LogP contribution in [0.1, 0.15) is 26.2 Å². The van der Waals surface area contributed by atoms with E-state index in [-0.39, 0.29) is 5.49 Å². The van der Waals surface area contributed by atoms with Gasteiger partial charge in [0.25, 0.3) is 0 Å². The minimum absolute atomic E-state index is 0.234. The van der Waals surface area contributed by atoms with E-state index in [1.807, 2.05) is 4.72 Å². The summed E-state index contributed by atoms with van der Waals surface area (Å²) in [6, 6.07) is 0. The van der Waals surface area contributed by atoms with Gasteiger partial charge in [0.1, 0.15) is 0 Å². The Morgan fingerprint density at radius 2 is 1.93 bits per heavy atom. The van der Waals surface area contributed by atoms with Crippen molar-refractivity contribution in [1.82, 2.24) is 4.72 Å². The summed E-state index contributed by atoms with van der Waals surface area (Å²) in [5.41, 5.74) is 0.234. The van der Waals surface area contributed by atoms with Gasteiger partial charge < -0.3 is 0 Å². The molecule has 1 rings (SSSR count). The first-order chi connectivity index (χ1) is 7.04. The summed E-state index contributed by atoms with van der Waals surface area (Å²) in [5, 5.41) is 0. The van der Waals surface area contributed by atoms with E-state index < -0.39 is 24.1 Å². The van der Waals surface area contributed by atoms with Gasteiger partial charge >= 0.3 is 91.8 Å². The van der Waals surface area contributed by atoms with Crippen LogP contribution in [-0.4, -0.2) is 39.2 Å². The number of alkyl halides is 1. The van der Waals surface area contributed by atoms with Gasteiger partial charge in [-0.05, 0) is 0 Å². The first-order valence-electron chi connectivity index (χ1n) is 5.57. The topological polar surface area (TPSA) is 46.2 Å². The van der Waals surface area contributed by atoms with Crippen LogP contribution in [0.4, 0.5) is 4.39 Å². The molecule has 0 atom stereocenters. The van der Waals surface area contributed by atoms with Crippen molar-refractivity contribution in [3.63, 3.8) is 0 Å². The van der Waals surface area contributed by atoms with Crippen molar-refractivity contribution < 1.29 is 12.8 Å². The van der Waals surface area contributed by atoms with E-state index in [1.54, 1.807) is 0 Å². The van der Waals surface area contributed by atoms with E-state index in [9.17, 15) is 12.8 Å². The molecule has 15 heavy (non-hydrogen) atoms. The molecule has 0 saturated carbocycles. The van der Waals surface area contributed by atoms with Crippen molar-refractivity contribution in [3.8, 4) is 0 Å². The average Bonchev–Trinajstić information content (AvgIpc) is 2.52. The van der Waals surface area contributed by atoms with Crippen LogP contribution >= 0.6 is 7.26 Å². The van der Waals surface area contributed by atoms with E-state index in [1.165, 1.54) is 0 Å². The van der Waals surface area contributed by atoms with Gasteiger partial charge in [-0.3, -0.25) is 0 Å². The predicted molar refractivity (Wildman–Crippen MR) is 65.3 cm³/mol. The van der Waals surface area contributed by atoms with Crippen LogP contribution in [0.15, 0.2) is 0 Å². The fourth-order valence-electron chi connectivity index (χ4n) is 2.66. The number of rotatable bonds is 6. The van der Waals surface area contributed by atoms with Crippen molar-refractivity contribution in [2.24, 2.45) is 0 Å². The molecule has 1 aliphatic heterocycles. The Kier molecular flexibility index (Phi) is 4.94. The Morgan fingerprint density at radius 1 is 1.33 bits per heavy atom. The number of hydrogen-bond acceptors (Lipinski definition) is 2. The number of nitrogens with one attached hydrogen (secondary N) is 1. The molecule has 0 aromatic heterocycles. The molecule has 0 radical (unpaired) electrons. The second-order valence-corrected chi connectivity index (χ2v) is 11.7. The molecule has 3 nitrogen and oxygen atoms in total. The third-order valence-corrected chi connectivity index (χ3v) is 12.1. The van der Waals surface area contributed by atoms with Crippen LogP contribution in [0, 0.1) is 0 Å². The van der Waals surface area contributed by atoms with E-state index in [2.05, 4.69) is 6.92 Å². The minimum atomic E-state index is -3.36. The van der Waals surface area contributed by atoms with E-state index in [4.69, 9.17) is 0 Å². The molecule has 1 heterocycles. The molecule has 0 aliphatic carbocycles. The third kappa shape index (κ3) is 3.97. The van der Waals surface area contributed by atoms with E-state index in [0.29, 0.717) is 0 Å². The van der Waals surface area contributed by atoms with Gasteiger partial charge in [0.05, 0.1) is 0 Å². The molecule has 6 heteroatoms. The third-order valence-electron chi connectivity index (χ3n) is 3.22. The zero-order valence-electron chi connectivity index (χ0n) is 9.26. The fraction of sp³-hybridized carbons (Fsp3) is 1.00. The number of halogens is 1. The van der Waals surface area contributed by atoms with Crippen molar-refractivity contribution in [2.45, 2.75) is 26.2 Å². The van der Waals surface area contributed by atoms with Crippen molar-refractivity contribution in [3.05, 3.63) is 0 Å². The van der Waals surface area contributed by atoms with Gasteiger partial charge in [-0.25, -0.2) is 0 Å². The molecule has 0 unspecified atom stereocenters. The van der Waals surface area contributed by atoms with Crippen LogP contribution in [-0.2, 0) is 10.0 Å². The van der Waals surface area contributed by atoms with Crippen LogP contribution in [0.5, 0.6) is 0 Å². The second-order valence-electron chi connectivity index (χ2n) is 4.49. The molecule has 0 aromatic rings. The standard InChI is InChI=1S/C9H21FNO2PS/c1-2-5-14(6-3-4-7-14)9-15(12,13)11-8-10/h11,14H,2-9H2,1H3. The molecule has 1 fully saturated rings. The number of hydrogen-bond donors (Lipinski definition) is 1. The normalized spacial score (nSPS) is 22.8. The average molecular weight is 257 g/mol. The molecule has 0 spiro atoms. The summed E-state index contributed by atoms with van der Waals surface area (Å²) in [7, 11) is -4.98. The molecule has 0 amide bonds. The van der Waals surface area contributed by atoms with Crippen LogP contribution in [0.25, 0.3) is 0 Å². The van der Waals surface area contributed by atoms with Gasteiger partial charge in [0.15, 0.2) is 0 Å². The summed E-state index contributed by atoms with van der Waals surface area (Å²) in [6.45, 7) is 1.13. The van der Waals surface area contributed by atoms with Gasteiger partial charge in [-0.15, -0.1) is 0 Å². The summed E-state index contributed by atoms with van der Waals surface area (Å²) in [5.74, 6) is 0. The van der Waals surface area contributed by atoms with E-state index in [0.717, 1.165) is 37.7 Å². The van der Waals surface area contributed by atoms with Gasteiger partial charge in [-0.1, -0.05) is 0 Å². The molecule has 1 saturated heterocycles. The van der Waals surface area contributed by atoms with Crippen molar-refractivity contribution >= 4 is 17.3 Å². The SMILES string of the molecule is CCC[PH]1(CS(=O)(=O)NCF)CCCC1. The Balaban J connectivity index is 2.66. The van der Waals surface area contributed by atoms with E-state index >= 15 is 0 Å². The predicted octanol–water partition coefficient (Wildman–Crippen LogP) is 1.74. The first-order valence-corrected chi connectivity index (χ1v) is 10.0. The zero-order valence-corrected chi connectivity index (χ0v) is 11.1. The first kappa shape index (κ1) is 13.3. The van der Waals surface area contributed by atoms with Crippen molar-refractivity contribution in [1.29, 1.82) is 0 Å². The maximum atomic E-state index is 12.0. The van der Waals surface area contributed by atoms with Crippen LogP contribution < -0.4 is 4.72 Å². The quantitative estimate of drug-likeness (QED) is 0.582. The summed E-state index contributed by atoms with van der Waals surface area (Å²) >= 11 is 0. The summed E-state index contributed by atoms with van der Waals surface area (Å²) in [4.78, 5) is 0. The molecular weight excluding hydrogens is 236 g/mol. The maximum absolute atomic E-state index is 12.0. The molecule has 92 valence electrons. The molecular formula is C9H21FNO2PS. The monoisotopic (exact) mass is 257 g/mol. The van der Waals surface area contributed by atoms with Gasteiger partial charge in [-0.2, -0.15) is 0 Å².